The predicted molar refractivity (Wildman–Crippen MR) is 106 cm³/mol. The maximum absolute atomic E-state index is 13.3. The highest BCUT2D eigenvalue weighted by Crippen LogP contribution is 2.27. The van der Waals surface area contributed by atoms with Crippen LogP contribution in [0.4, 0.5) is 4.39 Å². The van der Waals surface area contributed by atoms with E-state index in [4.69, 9.17) is 4.74 Å². The summed E-state index contributed by atoms with van der Waals surface area (Å²) in [5.74, 6) is -0.160. The van der Waals surface area contributed by atoms with Crippen LogP contribution in [0.25, 0.3) is 0 Å². The number of piperidine rings is 1. The Morgan fingerprint density at radius 1 is 1.31 bits per heavy atom. The number of benzene rings is 1. The minimum atomic E-state index is -0.278. The average Bonchev–Trinajstić information content (AvgIpc) is 3.27. The number of likely N-dealkylation sites (tertiary alicyclic amines) is 1. The zero-order valence-corrected chi connectivity index (χ0v) is 16.8. The first-order valence-corrected chi connectivity index (χ1v) is 9.76. The van der Waals surface area contributed by atoms with Gasteiger partial charge in [0.25, 0.3) is 5.91 Å². The van der Waals surface area contributed by atoms with E-state index in [1.807, 2.05) is 4.90 Å². The summed E-state index contributed by atoms with van der Waals surface area (Å²) < 4.78 is 18.3. The van der Waals surface area contributed by atoms with Gasteiger partial charge < -0.3 is 14.5 Å². The summed E-state index contributed by atoms with van der Waals surface area (Å²) in [6.45, 7) is 1.27. The van der Waals surface area contributed by atoms with E-state index < -0.39 is 0 Å². The monoisotopic (exact) mass is 402 g/mol. The third-order valence-electron chi connectivity index (χ3n) is 5.63. The Morgan fingerprint density at radius 2 is 2.00 bits per heavy atom. The van der Waals surface area contributed by atoms with E-state index in [0.717, 1.165) is 18.4 Å². The number of nitrogens with zero attached hydrogens (tertiary/aromatic N) is 3. The third kappa shape index (κ3) is 5.20. The van der Waals surface area contributed by atoms with Gasteiger partial charge in [-0.2, -0.15) is 5.10 Å². The van der Waals surface area contributed by atoms with Crippen LogP contribution in [0.15, 0.2) is 36.7 Å². The highest BCUT2D eigenvalue weighted by molar-refractivity contribution is 5.93. The van der Waals surface area contributed by atoms with Crippen LogP contribution < -0.4 is 0 Å². The molecule has 0 radical (unpaired) electrons. The van der Waals surface area contributed by atoms with Crippen molar-refractivity contribution in [1.29, 1.82) is 0 Å². The molecule has 1 fully saturated rings. The van der Waals surface area contributed by atoms with Gasteiger partial charge in [0, 0.05) is 39.5 Å². The molecule has 1 unspecified atom stereocenters. The van der Waals surface area contributed by atoms with Crippen molar-refractivity contribution in [1.82, 2.24) is 20.0 Å². The minimum absolute atomic E-state index is 0.0221. The van der Waals surface area contributed by atoms with E-state index in [2.05, 4.69) is 10.2 Å². The molecule has 8 heteroatoms. The number of hydrogen-bond donors (Lipinski definition) is 1. The summed E-state index contributed by atoms with van der Waals surface area (Å²) in [6, 6.07) is 6.35. The molecule has 3 rings (SSSR count). The number of hydrogen-bond acceptors (Lipinski definition) is 4. The number of amides is 2. The lowest BCUT2D eigenvalue weighted by Crippen LogP contribution is -2.49. The fourth-order valence-electron chi connectivity index (χ4n) is 3.93. The second kappa shape index (κ2) is 9.65. The van der Waals surface area contributed by atoms with Gasteiger partial charge in [-0.3, -0.25) is 14.7 Å². The van der Waals surface area contributed by atoms with E-state index >= 15 is 0 Å². The van der Waals surface area contributed by atoms with Crippen molar-refractivity contribution in [3.63, 3.8) is 0 Å². The number of likely N-dealkylation sites (N-methyl/N-ethyl adjacent to an activating group) is 1. The minimum Gasteiger partial charge on any atom is -0.375 e. The van der Waals surface area contributed by atoms with Gasteiger partial charge >= 0.3 is 0 Å². The summed E-state index contributed by atoms with van der Waals surface area (Å²) in [7, 11) is 3.29. The molecule has 0 aliphatic carbocycles. The smallest absolute Gasteiger partial charge is 0.257 e. The Morgan fingerprint density at radius 3 is 2.59 bits per heavy atom. The van der Waals surface area contributed by atoms with Crippen LogP contribution >= 0.6 is 0 Å². The topological polar surface area (TPSA) is 78.5 Å². The normalized spacial score (nSPS) is 15.9. The molecule has 1 N–H and O–H groups in total. The van der Waals surface area contributed by atoms with E-state index in [9.17, 15) is 14.0 Å². The lowest BCUT2D eigenvalue weighted by atomic mass is 9.84. The van der Waals surface area contributed by atoms with Gasteiger partial charge in [0.05, 0.1) is 11.8 Å². The quantitative estimate of drug-likeness (QED) is 0.770. The van der Waals surface area contributed by atoms with Crippen molar-refractivity contribution in [2.24, 2.45) is 5.92 Å². The second-order valence-electron chi connectivity index (χ2n) is 7.45. The molecule has 1 aliphatic rings. The summed E-state index contributed by atoms with van der Waals surface area (Å²) in [5.41, 5.74) is 1.53. The standard InChI is InChI=1S/C21H27FN4O3/c1-25(20(27)14-29-2)19(11-15-3-5-18(22)6-4-15)16-7-9-26(10-8-16)21(28)17-12-23-24-13-17/h3-6,12-13,16,19H,7-11,14H2,1-2H3,(H,23,24). The fourth-order valence-corrected chi connectivity index (χ4v) is 3.93. The van der Waals surface area contributed by atoms with Gasteiger partial charge in [0.1, 0.15) is 12.4 Å². The number of H-pyrrole nitrogens is 1. The first-order chi connectivity index (χ1) is 14.0. The summed E-state index contributed by atoms with van der Waals surface area (Å²) in [6.07, 6.45) is 5.35. The maximum atomic E-state index is 13.3. The third-order valence-corrected chi connectivity index (χ3v) is 5.63. The Kier molecular flexibility index (Phi) is 6.98. The van der Waals surface area contributed by atoms with Crippen molar-refractivity contribution in [3.05, 3.63) is 53.6 Å². The number of ether oxygens (including phenoxy) is 1. The van der Waals surface area contributed by atoms with E-state index in [-0.39, 0.29) is 36.2 Å². The number of methoxy groups -OCH3 is 1. The zero-order valence-electron chi connectivity index (χ0n) is 16.8. The first kappa shape index (κ1) is 21.0. The Balaban J connectivity index is 1.69. The highest BCUT2D eigenvalue weighted by atomic mass is 19.1. The zero-order chi connectivity index (χ0) is 20.8. The molecule has 7 nitrogen and oxygen atoms in total. The van der Waals surface area contributed by atoms with Crippen LogP contribution in [0.2, 0.25) is 0 Å². The predicted octanol–water partition coefficient (Wildman–Crippen LogP) is 2.12. The van der Waals surface area contributed by atoms with Crippen LogP contribution in [-0.2, 0) is 16.0 Å². The lowest BCUT2D eigenvalue weighted by Gasteiger charge is -2.40. The van der Waals surface area contributed by atoms with Gasteiger partial charge in [-0.15, -0.1) is 0 Å². The van der Waals surface area contributed by atoms with Gasteiger partial charge in [-0.1, -0.05) is 12.1 Å². The van der Waals surface area contributed by atoms with Crippen molar-refractivity contribution in [2.75, 3.05) is 33.9 Å². The van der Waals surface area contributed by atoms with Crippen molar-refractivity contribution >= 4 is 11.8 Å². The number of halogens is 1. The van der Waals surface area contributed by atoms with Crippen molar-refractivity contribution in [2.45, 2.75) is 25.3 Å². The Bertz CT molecular complexity index is 802. The van der Waals surface area contributed by atoms with Crippen LogP contribution in [0.3, 0.4) is 0 Å². The molecule has 156 valence electrons. The molecule has 0 spiro atoms. The Hall–Kier alpha value is -2.74. The molecule has 1 saturated heterocycles. The average molecular weight is 402 g/mol. The molecule has 2 heterocycles. The second-order valence-corrected chi connectivity index (χ2v) is 7.45. The molecule has 0 saturated carbocycles. The van der Waals surface area contributed by atoms with Crippen molar-refractivity contribution < 1.29 is 18.7 Å². The van der Waals surface area contributed by atoms with Gasteiger partial charge in [-0.05, 0) is 42.9 Å². The van der Waals surface area contributed by atoms with Gasteiger partial charge in [-0.25, -0.2) is 4.39 Å². The summed E-state index contributed by atoms with van der Waals surface area (Å²) in [4.78, 5) is 28.6. The van der Waals surface area contributed by atoms with Crippen LogP contribution in [0, 0.1) is 11.7 Å². The molecule has 0 bridgehead atoms. The molecule has 1 aromatic heterocycles. The number of aromatic nitrogens is 2. The van der Waals surface area contributed by atoms with Crippen LogP contribution in [-0.4, -0.2) is 71.7 Å². The first-order valence-electron chi connectivity index (χ1n) is 9.76. The highest BCUT2D eigenvalue weighted by Gasteiger charge is 2.33. The van der Waals surface area contributed by atoms with E-state index in [1.54, 1.807) is 30.3 Å². The molecule has 1 aliphatic heterocycles. The molecule has 29 heavy (non-hydrogen) atoms. The molecule has 2 amide bonds. The Labute approximate surface area is 169 Å². The van der Waals surface area contributed by atoms with E-state index in [1.165, 1.54) is 25.4 Å². The summed E-state index contributed by atoms with van der Waals surface area (Å²) >= 11 is 0. The lowest BCUT2D eigenvalue weighted by molar-refractivity contribution is -0.137. The molecule has 1 aromatic carbocycles. The van der Waals surface area contributed by atoms with Gasteiger partial charge in [0.2, 0.25) is 5.91 Å². The maximum Gasteiger partial charge on any atom is 0.257 e. The van der Waals surface area contributed by atoms with Crippen LogP contribution in [0.5, 0.6) is 0 Å². The van der Waals surface area contributed by atoms with Gasteiger partial charge in [0.15, 0.2) is 0 Å². The van der Waals surface area contributed by atoms with Crippen LogP contribution in [0.1, 0.15) is 28.8 Å². The largest absolute Gasteiger partial charge is 0.375 e. The number of nitrogens with one attached hydrogen (secondary N) is 1. The molecular formula is C21H27FN4O3. The van der Waals surface area contributed by atoms with E-state index in [0.29, 0.717) is 25.1 Å². The number of carbonyl (C=O) groups excluding carboxylic acids is 2. The molecular weight excluding hydrogens is 375 g/mol. The van der Waals surface area contributed by atoms with Crippen molar-refractivity contribution in [3.8, 4) is 0 Å². The molecule has 2 aromatic rings. The number of aromatic amines is 1. The number of rotatable bonds is 7. The fraction of sp³-hybridized carbons (Fsp3) is 0.476. The summed E-state index contributed by atoms with van der Waals surface area (Å²) in [5, 5.41) is 6.51. The number of carbonyl (C=O) groups is 2. The SMILES string of the molecule is COCC(=O)N(C)C(Cc1ccc(F)cc1)C1CCN(C(=O)c2cn[nH]c2)CC1. The molecule has 1 atom stereocenters.